The lowest BCUT2D eigenvalue weighted by Crippen LogP contribution is -2.30. The van der Waals surface area contributed by atoms with Crippen LogP contribution in [0.15, 0.2) is 59.5 Å². The molecule has 0 fully saturated rings. The predicted octanol–water partition coefficient (Wildman–Crippen LogP) is 3.88. The van der Waals surface area contributed by atoms with Crippen molar-refractivity contribution in [2.45, 2.75) is 24.7 Å². The molecular formula is C20H23NO3S. The Morgan fingerprint density at radius 3 is 2.36 bits per heavy atom. The molecule has 132 valence electrons. The van der Waals surface area contributed by atoms with Gasteiger partial charge in [-0.15, -0.1) is 11.8 Å². The van der Waals surface area contributed by atoms with Crippen molar-refractivity contribution in [1.82, 2.24) is 5.32 Å². The molecule has 0 saturated heterocycles. The number of thioether (sulfide) groups is 1. The van der Waals surface area contributed by atoms with Crippen LogP contribution < -0.4 is 5.32 Å². The summed E-state index contributed by atoms with van der Waals surface area (Å²) in [6.07, 6.45) is 0. The first-order valence-electron chi connectivity index (χ1n) is 8.28. The van der Waals surface area contributed by atoms with Crippen molar-refractivity contribution in [2.24, 2.45) is 0 Å². The van der Waals surface area contributed by atoms with Gasteiger partial charge < -0.3 is 10.1 Å². The average Bonchev–Trinajstić information content (AvgIpc) is 2.64. The Morgan fingerprint density at radius 2 is 1.72 bits per heavy atom. The van der Waals surface area contributed by atoms with Crippen molar-refractivity contribution >= 4 is 23.6 Å². The molecule has 4 nitrogen and oxygen atoms in total. The molecule has 2 aromatic rings. The molecule has 0 atom stereocenters. The van der Waals surface area contributed by atoms with E-state index in [9.17, 15) is 9.59 Å². The Kier molecular flexibility index (Phi) is 7.54. The Hall–Kier alpha value is -2.27. The summed E-state index contributed by atoms with van der Waals surface area (Å²) in [6, 6.07) is 17.2. The van der Waals surface area contributed by atoms with E-state index in [0.717, 1.165) is 16.2 Å². The molecule has 0 spiro atoms. The zero-order valence-electron chi connectivity index (χ0n) is 14.5. The second-order valence-corrected chi connectivity index (χ2v) is 7.03. The van der Waals surface area contributed by atoms with E-state index in [-0.39, 0.29) is 12.5 Å². The highest BCUT2D eigenvalue weighted by atomic mass is 32.2. The predicted molar refractivity (Wildman–Crippen MR) is 101 cm³/mol. The number of hydrogen-bond donors (Lipinski definition) is 1. The third-order valence-electron chi connectivity index (χ3n) is 3.58. The molecule has 0 aliphatic rings. The highest BCUT2D eigenvalue weighted by Gasteiger charge is 2.10. The lowest BCUT2D eigenvalue weighted by Gasteiger charge is -2.08. The summed E-state index contributed by atoms with van der Waals surface area (Å²) in [5, 5.41) is 2.75. The van der Waals surface area contributed by atoms with E-state index in [0.29, 0.717) is 18.0 Å². The summed E-state index contributed by atoms with van der Waals surface area (Å²) in [5.41, 5.74) is 1.61. The minimum atomic E-state index is -0.482. The van der Waals surface area contributed by atoms with Crippen LogP contribution in [0.4, 0.5) is 0 Å². The van der Waals surface area contributed by atoms with Gasteiger partial charge in [0.2, 0.25) is 0 Å². The lowest BCUT2D eigenvalue weighted by molar-refractivity contribution is -0.124. The Bertz CT molecular complexity index is 684. The molecule has 2 aromatic carbocycles. The molecule has 0 aliphatic heterocycles. The van der Waals surface area contributed by atoms with Gasteiger partial charge in [-0.1, -0.05) is 44.2 Å². The van der Waals surface area contributed by atoms with Crippen LogP contribution in [0.2, 0.25) is 0 Å². The van der Waals surface area contributed by atoms with Gasteiger partial charge in [0.05, 0.1) is 5.56 Å². The number of rotatable bonds is 8. The van der Waals surface area contributed by atoms with Crippen molar-refractivity contribution < 1.29 is 14.3 Å². The molecule has 0 saturated carbocycles. The zero-order chi connectivity index (χ0) is 18.1. The summed E-state index contributed by atoms with van der Waals surface area (Å²) in [7, 11) is 0. The first-order chi connectivity index (χ1) is 12.1. The highest BCUT2D eigenvalue weighted by Crippen LogP contribution is 2.16. The third kappa shape index (κ3) is 6.63. The van der Waals surface area contributed by atoms with Crippen LogP contribution in [0.1, 0.15) is 35.7 Å². The van der Waals surface area contributed by atoms with E-state index in [1.165, 1.54) is 0 Å². The van der Waals surface area contributed by atoms with Gasteiger partial charge in [-0.2, -0.15) is 0 Å². The van der Waals surface area contributed by atoms with E-state index in [4.69, 9.17) is 4.74 Å². The van der Waals surface area contributed by atoms with Crippen molar-refractivity contribution in [3.05, 3.63) is 65.7 Å². The molecular weight excluding hydrogens is 334 g/mol. The van der Waals surface area contributed by atoms with Gasteiger partial charge in [0.25, 0.3) is 5.91 Å². The summed E-state index contributed by atoms with van der Waals surface area (Å²) in [5.74, 6) is 0.398. The van der Waals surface area contributed by atoms with Crippen LogP contribution in [0.5, 0.6) is 0 Å². The summed E-state index contributed by atoms with van der Waals surface area (Å²) in [6.45, 7) is 4.45. The Balaban J connectivity index is 1.66. The molecule has 25 heavy (non-hydrogen) atoms. The molecule has 0 aromatic heterocycles. The number of carbonyl (C=O) groups is 2. The fraction of sp³-hybridized carbons (Fsp3) is 0.300. The summed E-state index contributed by atoms with van der Waals surface area (Å²) in [4.78, 5) is 24.8. The molecule has 0 bridgehead atoms. The highest BCUT2D eigenvalue weighted by molar-refractivity contribution is 7.99. The van der Waals surface area contributed by atoms with Crippen LogP contribution in [0.25, 0.3) is 0 Å². The van der Waals surface area contributed by atoms with Crippen LogP contribution in [-0.4, -0.2) is 30.8 Å². The number of esters is 1. The first-order valence-corrected chi connectivity index (χ1v) is 9.26. The van der Waals surface area contributed by atoms with Crippen LogP contribution in [0.3, 0.4) is 0 Å². The quantitative estimate of drug-likeness (QED) is 0.443. The number of nitrogens with one attached hydrogen (secondary N) is 1. The Morgan fingerprint density at radius 1 is 1.04 bits per heavy atom. The van der Waals surface area contributed by atoms with E-state index < -0.39 is 5.97 Å². The van der Waals surface area contributed by atoms with Gasteiger partial charge in [-0.05, 0) is 35.7 Å². The number of benzene rings is 2. The normalized spacial score (nSPS) is 10.5. The van der Waals surface area contributed by atoms with E-state index in [1.807, 2.05) is 42.5 Å². The summed E-state index contributed by atoms with van der Waals surface area (Å²) >= 11 is 1.66. The SMILES string of the molecule is CC(C)c1ccc(C(=O)OCC(=O)NCCSc2ccccc2)cc1. The second-order valence-electron chi connectivity index (χ2n) is 5.86. The fourth-order valence-electron chi connectivity index (χ4n) is 2.15. The molecule has 0 radical (unpaired) electrons. The largest absolute Gasteiger partial charge is 0.452 e. The van der Waals surface area contributed by atoms with Gasteiger partial charge in [0.1, 0.15) is 0 Å². The van der Waals surface area contributed by atoms with E-state index in [2.05, 4.69) is 19.2 Å². The standard InChI is InChI=1S/C20H23NO3S/c1-15(2)16-8-10-17(11-9-16)20(23)24-14-19(22)21-12-13-25-18-6-4-3-5-7-18/h3-11,15H,12-14H2,1-2H3,(H,21,22). The van der Waals surface area contributed by atoms with E-state index >= 15 is 0 Å². The van der Waals surface area contributed by atoms with Gasteiger partial charge in [0.15, 0.2) is 6.61 Å². The number of amides is 1. The topological polar surface area (TPSA) is 55.4 Å². The summed E-state index contributed by atoms with van der Waals surface area (Å²) < 4.78 is 5.05. The molecule has 2 rings (SSSR count). The maximum absolute atomic E-state index is 11.9. The Labute approximate surface area is 153 Å². The third-order valence-corrected chi connectivity index (χ3v) is 4.60. The maximum Gasteiger partial charge on any atom is 0.338 e. The lowest BCUT2D eigenvalue weighted by atomic mass is 10.0. The minimum Gasteiger partial charge on any atom is -0.452 e. The minimum absolute atomic E-state index is 0.263. The van der Waals surface area contributed by atoms with Gasteiger partial charge in [-0.3, -0.25) is 4.79 Å². The smallest absolute Gasteiger partial charge is 0.338 e. The van der Waals surface area contributed by atoms with Gasteiger partial charge >= 0.3 is 5.97 Å². The molecule has 5 heteroatoms. The molecule has 0 aliphatic carbocycles. The molecule has 1 N–H and O–H groups in total. The van der Waals surface area contributed by atoms with Crippen molar-refractivity contribution in [1.29, 1.82) is 0 Å². The number of carbonyl (C=O) groups excluding carboxylic acids is 2. The molecule has 0 unspecified atom stereocenters. The molecule has 0 heterocycles. The van der Waals surface area contributed by atoms with Crippen molar-refractivity contribution in [3.8, 4) is 0 Å². The van der Waals surface area contributed by atoms with Crippen molar-refractivity contribution in [3.63, 3.8) is 0 Å². The molecule has 1 amide bonds. The van der Waals surface area contributed by atoms with Crippen molar-refractivity contribution in [2.75, 3.05) is 18.9 Å². The van der Waals surface area contributed by atoms with Crippen LogP contribution in [0, 0.1) is 0 Å². The number of hydrogen-bond acceptors (Lipinski definition) is 4. The van der Waals surface area contributed by atoms with E-state index in [1.54, 1.807) is 23.9 Å². The van der Waals surface area contributed by atoms with Gasteiger partial charge in [0, 0.05) is 17.2 Å². The monoisotopic (exact) mass is 357 g/mol. The maximum atomic E-state index is 11.9. The van der Waals surface area contributed by atoms with Crippen LogP contribution >= 0.6 is 11.8 Å². The fourth-order valence-corrected chi connectivity index (χ4v) is 2.94. The van der Waals surface area contributed by atoms with Gasteiger partial charge in [-0.25, -0.2) is 4.79 Å². The number of ether oxygens (including phenoxy) is 1. The van der Waals surface area contributed by atoms with Crippen LogP contribution in [-0.2, 0) is 9.53 Å². The first kappa shape index (κ1) is 19.1. The average molecular weight is 357 g/mol. The zero-order valence-corrected chi connectivity index (χ0v) is 15.3. The second kappa shape index (κ2) is 9.89.